The van der Waals surface area contributed by atoms with Gasteiger partial charge in [0, 0.05) is 13.2 Å². The molecule has 4 aromatic rings. The Labute approximate surface area is 162 Å². The van der Waals surface area contributed by atoms with E-state index in [1.807, 2.05) is 28.8 Å². The van der Waals surface area contributed by atoms with Gasteiger partial charge in [0.25, 0.3) is 5.56 Å². The Morgan fingerprint density at radius 1 is 1.18 bits per heavy atom. The second kappa shape index (κ2) is 6.98. The minimum absolute atomic E-state index is 0.0645. The Kier molecular flexibility index (Phi) is 4.31. The van der Waals surface area contributed by atoms with E-state index in [0.29, 0.717) is 23.1 Å². The highest BCUT2D eigenvalue weighted by Crippen LogP contribution is 2.25. The maximum atomic E-state index is 13.3. The molecule has 0 amide bonds. The molecule has 1 fully saturated rings. The topological polar surface area (TPSA) is 74.8 Å². The number of para-hydroxylation sites is 2. The normalized spacial score (nSPS) is 17.2. The Bertz CT molecular complexity index is 1220. The lowest BCUT2D eigenvalue weighted by Gasteiger charge is -2.11. The summed E-state index contributed by atoms with van der Waals surface area (Å²) in [6.45, 7) is 4.22. The van der Waals surface area contributed by atoms with Crippen molar-refractivity contribution in [1.82, 2.24) is 24.1 Å². The molecule has 0 spiro atoms. The predicted molar refractivity (Wildman–Crippen MR) is 108 cm³/mol. The van der Waals surface area contributed by atoms with Gasteiger partial charge >= 0.3 is 0 Å². The number of aromatic nitrogens is 5. The predicted octanol–water partition coefficient (Wildman–Crippen LogP) is 3.27. The Balaban J connectivity index is 1.77. The second-order valence-corrected chi connectivity index (χ2v) is 7.43. The number of rotatable bonds is 5. The van der Waals surface area contributed by atoms with Crippen molar-refractivity contribution >= 4 is 33.2 Å². The van der Waals surface area contributed by atoms with Crippen LogP contribution in [0.2, 0.25) is 0 Å². The number of fused-ring (bicyclic) bond motifs is 4. The van der Waals surface area contributed by atoms with E-state index in [2.05, 4.69) is 11.9 Å². The van der Waals surface area contributed by atoms with Gasteiger partial charge in [0.15, 0.2) is 11.3 Å². The number of hydrogen-bond donors (Lipinski definition) is 0. The van der Waals surface area contributed by atoms with Gasteiger partial charge in [0.1, 0.15) is 10.9 Å². The lowest BCUT2D eigenvalue weighted by Crippen LogP contribution is -2.26. The van der Waals surface area contributed by atoms with Crippen LogP contribution in [0, 0.1) is 0 Å². The lowest BCUT2D eigenvalue weighted by atomic mass is 10.2. The van der Waals surface area contributed by atoms with Gasteiger partial charge in [-0.05, 0) is 31.4 Å². The van der Waals surface area contributed by atoms with Gasteiger partial charge in [-0.1, -0.05) is 25.5 Å². The standard InChI is InChI=1S/C21H23N5O2/c1-2-3-10-26-19-17(18-20(26)24-16-9-5-4-8-15(16)23-18)21(27)25(13-22-19)12-14-7-6-11-28-14/h4-5,8-9,13-14H,2-3,6-7,10-12H2,1H3/t14-/m0/s1. The lowest BCUT2D eigenvalue weighted by molar-refractivity contribution is 0.0960. The minimum atomic E-state index is -0.0645. The van der Waals surface area contributed by atoms with Crippen molar-refractivity contribution in [1.29, 1.82) is 0 Å². The first-order valence-corrected chi connectivity index (χ1v) is 10.0. The van der Waals surface area contributed by atoms with Crippen LogP contribution in [-0.4, -0.2) is 36.8 Å². The number of benzene rings is 1. The van der Waals surface area contributed by atoms with Crippen LogP contribution in [-0.2, 0) is 17.8 Å². The number of ether oxygens (including phenoxy) is 1. The first-order valence-electron chi connectivity index (χ1n) is 10.0. The molecule has 1 aromatic carbocycles. The van der Waals surface area contributed by atoms with Crippen LogP contribution in [0.1, 0.15) is 32.6 Å². The molecule has 1 atom stereocenters. The molecular weight excluding hydrogens is 354 g/mol. The summed E-state index contributed by atoms with van der Waals surface area (Å²) in [6.07, 6.45) is 5.80. The van der Waals surface area contributed by atoms with Crippen molar-refractivity contribution in [3.05, 3.63) is 40.9 Å². The Morgan fingerprint density at radius 2 is 2.00 bits per heavy atom. The van der Waals surface area contributed by atoms with Crippen molar-refractivity contribution in [3.63, 3.8) is 0 Å². The Hall–Kier alpha value is -2.80. The van der Waals surface area contributed by atoms with Crippen LogP contribution in [0.3, 0.4) is 0 Å². The third kappa shape index (κ3) is 2.77. The van der Waals surface area contributed by atoms with E-state index in [4.69, 9.17) is 14.7 Å². The summed E-state index contributed by atoms with van der Waals surface area (Å²) in [4.78, 5) is 27.6. The van der Waals surface area contributed by atoms with Gasteiger partial charge < -0.3 is 9.30 Å². The monoisotopic (exact) mass is 377 g/mol. The van der Waals surface area contributed by atoms with Crippen molar-refractivity contribution in [2.24, 2.45) is 0 Å². The minimum Gasteiger partial charge on any atom is -0.376 e. The van der Waals surface area contributed by atoms with Crippen molar-refractivity contribution in [2.45, 2.75) is 51.8 Å². The summed E-state index contributed by atoms with van der Waals surface area (Å²) in [5.41, 5.74) is 3.61. The number of aryl methyl sites for hydroxylation is 1. The van der Waals surface area contributed by atoms with Crippen LogP contribution < -0.4 is 5.56 Å². The molecule has 0 aliphatic carbocycles. The van der Waals surface area contributed by atoms with Gasteiger partial charge in [0.05, 0.1) is 30.0 Å². The number of hydrogen-bond acceptors (Lipinski definition) is 5. The van der Waals surface area contributed by atoms with Crippen molar-refractivity contribution in [2.75, 3.05) is 6.61 Å². The summed E-state index contributed by atoms with van der Waals surface area (Å²) in [5.74, 6) is 0. The molecule has 144 valence electrons. The average Bonchev–Trinajstić information content (AvgIpc) is 3.33. The van der Waals surface area contributed by atoms with Crippen LogP contribution in [0.25, 0.3) is 33.2 Å². The third-order valence-electron chi connectivity index (χ3n) is 5.48. The van der Waals surface area contributed by atoms with E-state index in [9.17, 15) is 4.79 Å². The smallest absolute Gasteiger partial charge is 0.265 e. The summed E-state index contributed by atoms with van der Waals surface area (Å²) in [7, 11) is 0. The summed E-state index contributed by atoms with van der Waals surface area (Å²) in [6, 6.07) is 7.77. The largest absolute Gasteiger partial charge is 0.376 e. The SMILES string of the molecule is CCCCn1c2nc3ccccc3nc2c2c(=O)n(C[C@@H]3CCCO3)cnc21. The molecular formula is C21H23N5O2. The van der Waals surface area contributed by atoms with Crippen LogP contribution in [0.4, 0.5) is 0 Å². The fourth-order valence-corrected chi connectivity index (χ4v) is 4.01. The molecule has 0 bridgehead atoms. The highest BCUT2D eigenvalue weighted by molar-refractivity contribution is 6.04. The number of unbranched alkanes of at least 4 members (excludes halogenated alkanes) is 1. The van der Waals surface area contributed by atoms with Crippen LogP contribution in [0.5, 0.6) is 0 Å². The zero-order valence-electron chi connectivity index (χ0n) is 16.0. The third-order valence-corrected chi connectivity index (χ3v) is 5.48. The highest BCUT2D eigenvalue weighted by atomic mass is 16.5. The molecule has 28 heavy (non-hydrogen) atoms. The summed E-state index contributed by atoms with van der Waals surface area (Å²) in [5, 5.41) is 0.560. The molecule has 1 aliphatic heterocycles. The quantitative estimate of drug-likeness (QED) is 0.534. The molecule has 0 unspecified atom stereocenters. The molecule has 4 heterocycles. The fourth-order valence-electron chi connectivity index (χ4n) is 4.01. The molecule has 0 N–H and O–H groups in total. The van der Waals surface area contributed by atoms with Gasteiger partial charge in [0.2, 0.25) is 0 Å². The summed E-state index contributed by atoms with van der Waals surface area (Å²) < 4.78 is 9.42. The van der Waals surface area contributed by atoms with Gasteiger partial charge in [-0.25, -0.2) is 15.0 Å². The summed E-state index contributed by atoms with van der Waals surface area (Å²) >= 11 is 0. The van der Waals surface area contributed by atoms with Crippen molar-refractivity contribution in [3.8, 4) is 0 Å². The van der Waals surface area contributed by atoms with Gasteiger partial charge in [-0.15, -0.1) is 0 Å². The zero-order chi connectivity index (χ0) is 19.1. The van der Waals surface area contributed by atoms with Crippen molar-refractivity contribution < 1.29 is 4.74 Å². The first kappa shape index (κ1) is 17.3. The second-order valence-electron chi connectivity index (χ2n) is 7.43. The highest BCUT2D eigenvalue weighted by Gasteiger charge is 2.22. The molecule has 0 saturated carbocycles. The fraction of sp³-hybridized carbons (Fsp3) is 0.429. The first-order chi connectivity index (χ1) is 13.8. The van der Waals surface area contributed by atoms with Gasteiger partial charge in [-0.2, -0.15) is 0 Å². The molecule has 3 aromatic heterocycles. The van der Waals surface area contributed by atoms with Crippen LogP contribution >= 0.6 is 0 Å². The van der Waals surface area contributed by atoms with E-state index in [1.165, 1.54) is 0 Å². The van der Waals surface area contributed by atoms with E-state index < -0.39 is 0 Å². The maximum absolute atomic E-state index is 13.3. The molecule has 1 aliphatic rings. The molecule has 0 radical (unpaired) electrons. The molecule has 1 saturated heterocycles. The van der Waals surface area contributed by atoms with E-state index in [-0.39, 0.29) is 11.7 Å². The number of nitrogens with zero attached hydrogens (tertiary/aromatic N) is 5. The van der Waals surface area contributed by atoms with E-state index in [1.54, 1.807) is 10.9 Å². The maximum Gasteiger partial charge on any atom is 0.265 e. The van der Waals surface area contributed by atoms with E-state index >= 15 is 0 Å². The molecule has 7 heteroatoms. The molecule has 7 nitrogen and oxygen atoms in total. The van der Waals surface area contributed by atoms with Gasteiger partial charge in [-0.3, -0.25) is 9.36 Å². The van der Waals surface area contributed by atoms with E-state index in [0.717, 1.165) is 55.5 Å². The van der Waals surface area contributed by atoms with Crippen LogP contribution in [0.15, 0.2) is 35.4 Å². The Morgan fingerprint density at radius 3 is 2.75 bits per heavy atom. The molecule has 5 rings (SSSR count). The average molecular weight is 377 g/mol. The zero-order valence-corrected chi connectivity index (χ0v) is 16.0.